The van der Waals surface area contributed by atoms with Gasteiger partial charge in [-0.05, 0) is 53.2 Å². The van der Waals surface area contributed by atoms with Gasteiger partial charge >= 0.3 is 0 Å². The van der Waals surface area contributed by atoms with Crippen molar-refractivity contribution in [1.82, 2.24) is 4.90 Å². The highest BCUT2D eigenvalue weighted by atomic mass is 79.9. The van der Waals surface area contributed by atoms with Crippen LogP contribution in [0, 0.1) is 0 Å². The largest absolute Gasteiger partial charge is 0.378 e. The van der Waals surface area contributed by atoms with Gasteiger partial charge in [0.25, 0.3) is 5.91 Å². The van der Waals surface area contributed by atoms with Crippen LogP contribution in [0.5, 0.6) is 0 Å². The lowest BCUT2D eigenvalue weighted by Gasteiger charge is -2.31. The van der Waals surface area contributed by atoms with Crippen LogP contribution in [0.3, 0.4) is 0 Å². The average molecular weight is 347 g/mol. The molecule has 19 heavy (non-hydrogen) atoms. The number of rotatable bonds is 5. The molecule has 0 bridgehead atoms. The van der Waals surface area contributed by atoms with Gasteiger partial charge in [0.05, 0.1) is 6.10 Å². The molecule has 106 valence electrons. The second-order valence-electron chi connectivity index (χ2n) is 4.60. The Morgan fingerprint density at radius 3 is 2.84 bits per heavy atom. The lowest BCUT2D eigenvalue weighted by molar-refractivity contribution is 0.00856. The Morgan fingerprint density at radius 2 is 2.26 bits per heavy atom. The number of carbonyl (C=O) groups excluding carboxylic acids is 1. The SMILES string of the molecule is NCCCOC1CCN(C(=O)c2sccc2Br)CC1. The van der Waals surface area contributed by atoms with Crippen LogP contribution in [-0.4, -0.2) is 43.2 Å². The van der Waals surface area contributed by atoms with E-state index >= 15 is 0 Å². The third-order valence-electron chi connectivity index (χ3n) is 3.24. The van der Waals surface area contributed by atoms with E-state index in [0.717, 1.165) is 48.3 Å². The number of nitrogens with zero attached hydrogens (tertiary/aromatic N) is 1. The summed E-state index contributed by atoms with van der Waals surface area (Å²) in [7, 11) is 0. The molecule has 1 fully saturated rings. The Balaban J connectivity index is 1.80. The predicted molar refractivity (Wildman–Crippen MR) is 80.6 cm³/mol. The topological polar surface area (TPSA) is 55.6 Å². The minimum atomic E-state index is 0.127. The van der Waals surface area contributed by atoms with Crippen LogP contribution in [0.15, 0.2) is 15.9 Å². The molecule has 2 heterocycles. The molecule has 0 unspecified atom stereocenters. The van der Waals surface area contributed by atoms with Crippen LogP contribution in [0.2, 0.25) is 0 Å². The number of halogens is 1. The highest BCUT2D eigenvalue weighted by Crippen LogP contribution is 2.25. The Morgan fingerprint density at radius 1 is 1.53 bits per heavy atom. The van der Waals surface area contributed by atoms with Gasteiger partial charge in [0, 0.05) is 24.2 Å². The molecule has 1 aromatic heterocycles. The van der Waals surface area contributed by atoms with E-state index in [0.29, 0.717) is 6.54 Å². The van der Waals surface area contributed by atoms with Crippen molar-refractivity contribution in [2.24, 2.45) is 5.73 Å². The molecule has 1 aliphatic rings. The molecule has 0 radical (unpaired) electrons. The maximum Gasteiger partial charge on any atom is 0.265 e. The van der Waals surface area contributed by atoms with Gasteiger partial charge in [-0.3, -0.25) is 4.79 Å². The molecule has 0 saturated carbocycles. The van der Waals surface area contributed by atoms with Crippen LogP contribution in [-0.2, 0) is 4.74 Å². The monoisotopic (exact) mass is 346 g/mol. The van der Waals surface area contributed by atoms with Crippen LogP contribution in [0.4, 0.5) is 0 Å². The van der Waals surface area contributed by atoms with Gasteiger partial charge in [0.15, 0.2) is 0 Å². The van der Waals surface area contributed by atoms with Crippen molar-refractivity contribution in [3.05, 3.63) is 20.8 Å². The van der Waals surface area contributed by atoms with E-state index in [2.05, 4.69) is 15.9 Å². The minimum Gasteiger partial charge on any atom is -0.378 e. The van der Waals surface area contributed by atoms with Crippen molar-refractivity contribution >= 4 is 33.2 Å². The van der Waals surface area contributed by atoms with Crippen LogP contribution in [0.1, 0.15) is 28.9 Å². The number of nitrogens with two attached hydrogens (primary N) is 1. The molecule has 1 aliphatic heterocycles. The summed E-state index contributed by atoms with van der Waals surface area (Å²) in [6, 6.07) is 1.92. The van der Waals surface area contributed by atoms with Crippen molar-refractivity contribution in [2.75, 3.05) is 26.2 Å². The van der Waals surface area contributed by atoms with Crippen molar-refractivity contribution < 1.29 is 9.53 Å². The van der Waals surface area contributed by atoms with Gasteiger partial charge in [0.1, 0.15) is 4.88 Å². The summed E-state index contributed by atoms with van der Waals surface area (Å²) < 4.78 is 6.63. The Hall–Kier alpha value is -0.430. The van der Waals surface area contributed by atoms with Gasteiger partial charge in [-0.25, -0.2) is 0 Å². The summed E-state index contributed by atoms with van der Waals surface area (Å²) in [6.07, 6.45) is 3.02. The molecule has 2 N–H and O–H groups in total. The molecule has 0 aromatic carbocycles. The Bertz CT molecular complexity index is 417. The standard InChI is InChI=1S/C13H19BrN2O2S/c14-11-4-9-19-12(11)13(17)16-6-2-10(3-7-16)18-8-1-5-15/h4,9-10H,1-3,5-8,15H2. The summed E-state index contributed by atoms with van der Waals surface area (Å²) in [5.41, 5.74) is 5.44. The Kier molecular flexibility index (Phi) is 5.81. The van der Waals surface area contributed by atoms with Crippen LogP contribution < -0.4 is 5.73 Å². The van der Waals surface area contributed by atoms with E-state index in [-0.39, 0.29) is 12.0 Å². The summed E-state index contributed by atoms with van der Waals surface area (Å²) in [6.45, 7) is 2.95. The molecule has 4 nitrogen and oxygen atoms in total. The summed E-state index contributed by atoms with van der Waals surface area (Å²) in [4.78, 5) is 15.0. The Labute approximate surface area is 126 Å². The number of thiophene rings is 1. The fourth-order valence-corrected chi connectivity index (χ4v) is 3.66. The van der Waals surface area contributed by atoms with Gasteiger partial charge in [-0.1, -0.05) is 0 Å². The minimum absolute atomic E-state index is 0.127. The number of hydrogen-bond acceptors (Lipinski definition) is 4. The zero-order valence-electron chi connectivity index (χ0n) is 10.8. The lowest BCUT2D eigenvalue weighted by atomic mass is 10.1. The van der Waals surface area contributed by atoms with Gasteiger partial charge in [-0.15, -0.1) is 11.3 Å². The number of piperidine rings is 1. The van der Waals surface area contributed by atoms with E-state index in [4.69, 9.17) is 10.5 Å². The number of ether oxygens (including phenoxy) is 1. The van der Waals surface area contributed by atoms with Crippen molar-refractivity contribution in [3.63, 3.8) is 0 Å². The predicted octanol–water partition coefficient (Wildman–Crippen LogP) is 2.48. The second kappa shape index (κ2) is 7.38. The molecule has 2 rings (SSSR count). The highest BCUT2D eigenvalue weighted by Gasteiger charge is 2.25. The zero-order chi connectivity index (χ0) is 13.7. The quantitative estimate of drug-likeness (QED) is 0.833. The third kappa shape index (κ3) is 4.02. The summed E-state index contributed by atoms with van der Waals surface area (Å²) >= 11 is 4.90. The molecule has 1 aromatic rings. The molecule has 0 atom stereocenters. The number of hydrogen-bond donors (Lipinski definition) is 1. The second-order valence-corrected chi connectivity index (χ2v) is 6.37. The zero-order valence-corrected chi connectivity index (χ0v) is 13.2. The smallest absolute Gasteiger partial charge is 0.265 e. The number of amides is 1. The average Bonchev–Trinajstić information content (AvgIpc) is 2.85. The molecule has 0 aliphatic carbocycles. The van der Waals surface area contributed by atoms with Crippen molar-refractivity contribution in [1.29, 1.82) is 0 Å². The van der Waals surface area contributed by atoms with E-state index in [1.165, 1.54) is 11.3 Å². The fourth-order valence-electron chi connectivity index (χ4n) is 2.15. The van der Waals surface area contributed by atoms with Crippen molar-refractivity contribution in [2.45, 2.75) is 25.4 Å². The first-order valence-corrected chi connectivity index (χ1v) is 8.23. The summed E-state index contributed by atoms with van der Waals surface area (Å²) in [5, 5.41) is 1.93. The number of carbonyl (C=O) groups is 1. The van der Waals surface area contributed by atoms with Gasteiger partial charge < -0.3 is 15.4 Å². The first kappa shape index (κ1) is 15.0. The molecular formula is C13H19BrN2O2S. The van der Waals surface area contributed by atoms with E-state index in [1.54, 1.807) is 0 Å². The van der Waals surface area contributed by atoms with Crippen LogP contribution >= 0.6 is 27.3 Å². The van der Waals surface area contributed by atoms with Gasteiger partial charge in [-0.2, -0.15) is 0 Å². The normalized spacial score (nSPS) is 16.8. The lowest BCUT2D eigenvalue weighted by Crippen LogP contribution is -2.40. The maximum absolute atomic E-state index is 12.3. The van der Waals surface area contributed by atoms with E-state index in [9.17, 15) is 4.79 Å². The molecule has 6 heteroatoms. The highest BCUT2D eigenvalue weighted by molar-refractivity contribution is 9.10. The first-order valence-electron chi connectivity index (χ1n) is 6.56. The molecule has 0 spiro atoms. The number of likely N-dealkylation sites (tertiary alicyclic amines) is 1. The van der Waals surface area contributed by atoms with Gasteiger partial charge in [0.2, 0.25) is 0 Å². The van der Waals surface area contributed by atoms with Crippen molar-refractivity contribution in [3.8, 4) is 0 Å². The third-order valence-corrected chi connectivity index (χ3v) is 5.07. The van der Waals surface area contributed by atoms with E-state index in [1.807, 2.05) is 16.3 Å². The molecule has 1 amide bonds. The first-order chi connectivity index (χ1) is 9.22. The van der Waals surface area contributed by atoms with E-state index < -0.39 is 0 Å². The summed E-state index contributed by atoms with van der Waals surface area (Å²) in [5.74, 6) is 0.127. The fraction of sp³-hybridized carbons (Fsp3) is 0.615. The maximum atomic E-state index is 12.3. The molecular weight excluding hydrogens is 328 g/mol. The van der Waals surface area contributed by atoms with Crippen LogP contribution in [0.25, 0.3) is 0 Å². The molecule has 1 saturated heterocycles.